The van der Waals surface area contributed by atoms with Crippen LogP contribution in [0.3, 0.4) is 0 Å². The first-order valence-electron chi connectivity index (χ1n) is 12.3. The largest absolute Gasteiger partial charge is 0.492 e. The topological polar surface area (TPSA) is 98.7 Å². The molecule has 0 spiro atoms. The Balaban J connectivity index is 1.28. The van der Waals surface area contributed by atoms with E-state index in [0.29, 0.717) is 48.6 Å². The van der Waals surface area contributed by atoms with Crippen LogP contribution in [0, 0.1) is 5.92 Å². The number of halogens is 1. The van der Waals surface area contributed by atoms with E-state index in [1.54, 1.807) is 12.3 Å². The van der Waals surface area contributed by atoms with Gasteiger partial charge in [0.1, 0.15) is 36.9 Å². The minimum Gasteiger partial charge on any atom is -0.492 e. The average molecular weight is 534 g/mol. The number of hydrogen-bond donors (Lipinski definition) is 1. The van der Waals surface area contributed by atoms with Crippen molar-refractivity contribution in [1.82, 2.24) is 19.9 Å². The van der Waals surface area contributed by atoms with E-state index in [0.717, 1.165) is 28.7 Å². The maximum atomic E-state index is 12.1. The molecule has 0 bridgehead atoms. The van der Waals surface area contributed by atoms with Crippen LogP contribution in [0.1, 0.15) is 12.1 Å². The van der Waals surface area contributed by atoms with Crippen LogP contribution in [-0.4, -0.2) is 59.2 Å². The fourth-order valence-corrected chi connectivity index (χ4v) is 4.61. The molecular formula is C28H28ClN5O4. The highest BCUT2D eigenvalue weighted by atomic mass is 35.5. The standard InChI is InChI=1S/C28H28ClN5O4/c1-36-17-26(35)34-12-10-19(14-34)15-37-25-7-4-6-23-27(25)28(32-18-31-23)33-20-8-9-24(22(29)13-20)38-16-21-5-2-3-11-30-21/h2-9,11,13,18-19H,10,12,14-17H2,1H3,(H,31,32,33)/t19-/m1/s1. The third kappa shape index (κ3) is 6.12. The van der Waals surface area contributed by atoms with Crippen LogP contribution >= 0.6 is 11.6 Å². The smallest absolute Gasteiger partial charge is 0.248 e. The van der Waals surface area contributed by atoms with Crippen LogP contribution in [0.15, 0.2) is 67.1 Å². The number of likely N-dealkylation sites (tertiary alicyclic amines) is 1. The van der Waals surface area contributed by atoms with E-state index in [1.807, 2.05) is 53.4 Å². The number of nitrogens with zero attached hydrogens (tertiary/aromatic N) is 4. The fourth-order valence-electron chi connectivity index (χ4n) is 4.38. The number of rotatable bonds is 10. The third-order valence-corrected chi connectivity index (χ3v) is 6.60. The van der Waals surface area contributed by atoms with Gasteiger partial charge in [0.15, 0.2) is 0 Å². The number of benzene rings is 2. The van der Waals surface area contributed by atoms with Gasteiger partial charge in [0.25, 0.3) is 0 Å². The third-order valence-electron chi connectivity index (χ3n) is 6.30. The predicted molar refractivity (Wildman–Crippen MR) is 145 cm³/mol. The molecule has 196 valence electrons. The van der Waals surface area contributed by atoms with Crippen molar-refractivity contribution >= 4 is 39.9 Å². The van der Waals surface area contributed by atoms with Crippen molar-refractivity contribution in [1.29, 1.82) is 0 Å². The number of pyridine rings is 1. The van der Waals surface area contributed by atoms with E-state index in [4.69, 9.17) is 25.8 Å². The Bertz CT molecular complexity index is 1400. The zero-order valence-corrected chi connectivity index (χ0v) is 21.7. The van der Waals surface area contributed by atoms with Crippen molar-refractivity contribution in [3.8, 4) is 11.5 Å². The molecule has 9 nitrogen and oxygen atoms in total. The lowest BCUT2D eigenvalue weighted by Crippen LogP contribution is -2.32. The molecule has 0 saturated carbocycles. The van der Waals surface area contributed by atoms with Crippen LogP contribution in [0.25, 0.3) is 10.9 Å². The molecule has 38 heavy (non-hydrogen) atoms. The number of hydrogen-bond acceptors (Lipinski definition) is 8. The molecule has 1 N–H and O–H groups in total. The fraction of sp³-hybridized carbons (Fsp3) is 0.286. The van der Waals surface area contributed by atoms with E-state index in [2.05, 4.69) is 20.3 Å². The SMILES string of the molecule is COCC(=O)N1CC[C@@H](COc2cccc3ncnc(Nc4ccc(OCc5ccccn5)c(Cl)c4)c23)C1. The number of carbonyl (C=O) groups is 1. The van der Waals surface area contributed by atoms with Crippen LogP contribution < -0.4 is 14.8 Å². The second kappa shape index (κ2) is 12.1. The summed E-state index contributed by atoms with van der Waals surface area (Å²) in [4.78, 5) is 27.1. The second-order valence-corrected chi connectivity index (χ2v) is 9.40. The van der Waals surface area contributed by atoms with Gasteiger partial charge in [-0.1, -0.05) is 23.7 Å². The van der Waals surface area contributed by atoms with Crippen molar-refractivity contribution in [2.75, 3.05) is 38.7 Å². The average Bonchev–Trinajstić information content (AvgIpc) is 3.42. The lowest BCUT2D eigenvalue weighted by atomic mass is 10.1. The predicted octanol–water partition coefficient (Wildman–Crippen LogP) is 4.87. The van der Waals surface area contributed by atoms with Gasteiger partial charge in [0.05, 0.1) is 28.2 Å². The van der Waals surface area contributed by atoms with Crippen LogP contribution in [-0.2, 0) is 16.1 Å². The molecule has 1 atom stereocenters. The number of amides is 1. The summed E-state index contributed by atoms with van der Waals surface area (Å²) in [5.74, 6) is 2.09. The maximum absolute atomic E-state index is 12.1. The monoisotopic (exact) mass is 533 g/mol. The molecule has 1 saturated heterocycles. The molecule has 3 heterocycles. The highest BCUT2D eigenvalue weighted by Gasteiger charge is 2.26. The van der Waals surface area contributed by atoms with Gasteiger partial charge in [-0.25, -0.2) is 9.97 Å². The van der Waals surface area contributed by atoms with Crippen molar-refractivity contribution in [2.24, 2.45) is 5.92 Å². The van der Waals surface area contributed by atoms with E-state index in [9.17, 15) is 4.79 Å². The molecule has 1 aliphatic heterocycles. The van der Waals surface area contributed by atoms with Gasteiger partial charge in [0.2, 0.25) is 5.91 Å². The van der Waals surface area contributed by atoms with Crippen molar-refractivity contribution in [3.05, 3.63) is 77.8 Å². The summed E-state index contributed by atoms with van der Waals surface area (Å²) in [5.41, 5.74) is 2.32. The lowest BCUT2D eigenvalue weighted by Gasteiger charge is -2.17. The van der Waals surface area contributed by atoms with Crippen molar-refractivity contribution in [2.45, 2.75) is 13.0 Å². The van der Waals surface area contributed by atoms with E-state index in [1.165, 1.54) is 13.4 Å². The molecule has 1 fully saturated rings. The summed E-state index contributed by atoms with van der Waals surface area (Å²) < 4.78 is 17.1. The molecule has 10 heteroatoms. The number of methoxy groups -OCH3 is 1. The Morgan fingerprint density at radius 2 is 2.00 bits per heavy atom. The number of carbonyl (C=O) groups excluding carboxylic acids is 1. The first-order valence-corrected chi connectivity index (χ1v) is 12.7. The number of aromatic nitrogens is 3. The molecule has 0 radical (unpaired) electrons. The minimum atomic E-state index is 0.00635. The van der Waals surface area contributed by atoms with Crippen molar-refractivity contribution in [3.63, 3.8) is 0 Å². The van der Waals surface area contributed by atoms with Crippen LogP contribution in [0.5, 0.6) is 11.5 Å². The molecular weight excluding hydrogens is 506 g/mol. The van der Waals surface area contributed by atoms with Gasteiger partial charge < -0.3 is 24.4 Å². The minimum absolute atomic E-state index is 0.00635. The highest BCUT2D eigenvalue weighted by Crippen LogP contribution is 2.34. The van der Waals surface area contributed by atoms with Crippen LogP contribution in [0.4, 0.5) is 11.5 Å². The molecule has 0 unspecified atom stereocenters. The molecule has 2 aromatic heterocycles. The van der Waals surface area contributed by atoms with Crippen molar-refractivity contribution < 1.29 is 19.0 Å². The van der Waals surface area contributed by atoms with Gasteiger partial charge in [-0.05, 0) is 48.9 Å². The Morgan fingerprint density at radius 1 is 1.08 bits per heavy atom. The molecule has 1 amide bonds. The van der Waals surface area contributed by atoms with Gasteiger partial charge in [-0.15, -0.1) is 0 Å². The molecule has 5 rings (SSSR count). The Morgan fingerprint density at radius 3 is 2.82 bits per heavy atom. The summed E-state index contributed by atoms with van der Waals surface area (Å²) in [7, 11) is 1.53. The lowest BCUT2D eigenvalue weighted by molar-refractivity contribution is -0.134. The number of anilines is 2. The summed E-state index contributed by atoms with van der Waals surface area (Å²) in [6.07, 6.45) is 4.12. The molecule has 4 aromatic rings. The first-order chi connectivity index (χ1) is 18.6. The molecule has 2 aromatic carbocycles. The van der Waals surface area contributed by atoms with Gasteiger partial charge in [-0.3, -0.25) is 9.78 Å². The molecule has 0 aliphatic carbocycles. The zero-order valence-electron chi connectivity index (χ0n) is 21.0. The normalized spacial score (nSPS) is 15.0. The van der Waals surface area contributed by atoms with Gasteiger partial charge in [0, 0.05) is 38.0 Å². The first kappa shape index (κ1) is 25.7. The van der Waals surface area contributed by atoms with Gasteiger partial charge in [-0.2, -0.15) is 0 Å². The Labute approximate surface area is 225 Å². The summed E-state index contributed by atoms with van der Waals surface area (Å²) in [6, 6.07) is 16.9. The number of nitrogens with one attached hydrogen (secondary N) is 1. The second-order valence-electron chi connectivity index (χ2n) is 8.99. The number of fused-ring (bicyclic) bond motifs is 1. The van der Waals surface area contributed by atoms with Gasteiger partial charge >= 0.3 is 0 Å². The quantitative estimate of drug-likeness (QED) is 0.308. The van der Waals surface area contributed by atoms with E-state index < -0.39 is 0 Å². The number of ether oxygens (including phenoxy) is 3. The zero-order chi connectivity index (χ0) is 26.3. The van der Waals surface area contributed by atoms with E-state index in [-0.39, 0.29) is 18.4 Å². The maximum Gasteiger partial charge on any atom is 0.248 e. The summed E-state index contributed by atoms with van der Waals surface area (Å²) >= 11 is 6.51. The molecule has 1 aliphatic rings. The van der Waals surface area contributed by atoms with Crippen LogP contribution in [0.2, 0.25) is 5.02 Å². The Hall–Kier alpha value is -3.95. The highest BCUT2D eigenvalue weighted by molar-refractivity contribution is 6.32. The Kier molecular flexibility index (Phi) is 8.15. The summed E-state index contributed by atoms with van der Waals surface area (Å²) in [6.45, 7) is 2.28. The van der Waals surface area contributed by atoms with E-state index >= 15 is 0 Å². The summed E-state index contributed by atoms with van der Waals surface area (Å²) in [5, 5.41) is 4.58.